The van der Waals surface area contributed by atoms with E-state index in [9.17, 15) is 0 Å². The van der Waals surface area contributed by atoms with Gasteiger partial charge in [0.1, 0.15) is 0 Å². The fraction of sp³-hybridized carbons (Fsp3) is 1.00. The molecule has 1 saturated carbocycles. The van der Waals surface area contributed by atoms with Crippen molar-refractivity contribution in [2.45, 2.75) is 56.6 Å². The third-order valence-electron chi connectivity index (χ3n) is 4.31. The molecule has 0 aromatic heterocycles. The molecule has 0 aromatic carbocycles. The van der Waals surface area contributed by atoms with Crippen molar-refractivity contribution < 1.29 is 9.84 Å². The molecular weight excluding hydrogens is 202 g/mol. The molecule has 1 aliphatic carbocycles. The van der Waals surface area contributed by atoms with E-state index in [1.165, 1.54) is 38.5 Å². The van der Waals surface area contributed by atoms with Crippen LogP contribution in [0.4, 0.5) is 0 Å². The molecule has 1 saturated heterocycles. The van der Waals surface area contributed by atoms with E-state index in [0.29, 0.717) is 6.04 Å². The molecule has 3 heteroatoms. The molecule has 2 rings (SSSR count). The maximum atomic E-state index is 9.00. The van der Waals surface area contributed by atoms with Gasteiger partial charge in [-0.3, -0.25) is 0 Å². The van der Waals surface area contributed by atoms with Crippen LogP contribution in [0.5, 0.6) is 0 Å². The first-order valence-electron chi connectivity index (χ1n) is 6.71. The van der Waals surface area contributed by atoms with Gasteiger partial charge in [0, 0.05) is 19.2 Å². The summed E-state index contributed by atoms with van der Waals surface area (Å²) in [6.45, 7) is 1.96. The number of likely N-dealkylation sites (N-methyl/N-ethyl adjacent to an activating group) is 1. The number of nitrogens with zero attached hydrogens (tertiary/aromatic N) is 1. The van der Waals surface area contributed by atoms with E-state index in [-0.39, 0.29) is 12.2 Å². The quantitative estimate of drug-likeness (QED) is 0.798. The summed E-state index contributed by atoms with van der Waals surface area (Å²) in [6.07, 6.45) is 8.82. The van der Waals surface area contributed by atoms with Gasteiger partial charge >= 0.3 is 0 Å². The van der Waals surface area contributed by atoms with Gasteiger partial charge in [0.15, 0.2) is 0 Å². The second kappa shape index (κ2) is 5.48. The summed E-state index contributed by atoms with van der Waals surface area (Å²) < 4.78 is 6.08. The minimum Gasteiger partial charge on any atom is -0.395 e. The third kappa shape index (κ3) is 2.76. The summed E-state index contributed by atoms with van der Waals surface area (Å²) in [4.78, 5) is 2.30. The van der Waals surface area contributed by atoms with E-state index in [1.807, 2.05) is 0 Å². The maximum absolute atomic E-state index is 9.00. The molecule has 0 amide bonds. The van der Waals surface area contributed by atoms with Gasteiger partial charge in [-0.05, 0) is 32.7 Å². The van der Waals surface area contributed by atoms with Crippen molar-refractivity contribution in [2.75, 3.05) is 26.8 Å². The lowest BCUT2D eigenvalue weighted by Crippen LogP contribution is -2.49. The topological polar surface area (TPSA) is 32.7 Å². The van der Waals surface area contributed by atoms with Crippen molar-refractivity contribution in [1.82, 2.24) is 4.90 Å². The SMILES string of the molecule is CN(CCO)C1CCOC2(CCCCC2)C1. The van der Waals surface area contributed by atoms with Gasteiger partial charge in [-0.1, -0.05) is 19.3 Å². The van der Waals surface area contributed by atoms with Crippen LogP contribution in [-0.4, -0.2) is 48.5 Å². The zero-order chi connectivity index (χ0) is 11.4. The molecule has 16 heavy (non-hydrogen) atoms. The molecule has 94 valence electrons. The predicted octanol–water partition coefficient (Wildman–Crippen LogP) is 1.79. The van der Waals surface area contributed by atoms with E-state index < -0.39 is 0 Å². The van der Waals surface area contributed by atoms with Crippen LogP contribution in [0.3, 0.4) is 0 Å². The number of hydrogen-bond donors (Lipinski definition) is 1. The van der Waals surface area contributed by atoms with E-state index in [1.54, 1.807) is 0 Å². The number of ether oxygens (including phenoxy) is 1. The molecule has 0 radical (unpaired) electrons. The molecule has 2 aliphatic rings. The zero-order valence-electron chi connectivity index (χ0n) is 10.5. The third-order valence-corrected chi connectivity index (χ3v) is 4.31. The van der Waals surface area contributed by atoms with E-state index in [2.05, 4.69) is 11.9 Å². The molecule has 3 nitrogen and oxygen atoms in total. The molecule has 1 N–H and O–H groups in total. The highest BCUT2D eigenvalue weighted by Gasteiger charge is 2.39. The monoisotopic (exact) mass is 227 g/mol. The van der Waals surface area contributed by atoms with Gasteiger partial charge in [-0.15, -0.1) is 0 Å². The fourth-order valence-electron chi connectivity index (χ4n) is 3.26. The van der Waals surface area contributed by atoms with Crippen LogP contribution in [0.25, 0.3) is 0 Å². The molecule has 1 aliphatic heterocycles. The average molecular weight is 227 g/mol. The highest BCUT2D eigenvalue weighted by molar-refractivity contribution is 4.92. The number of aliphatic hydroxyl groups is 1. The Labute approximate surface area is 98.8 Å². The molecule has 1 spiro atoms. The van der Waals surface area contributed by atoms with Crippen LogP contribution in [0.2, 0.25) is 0 Å². The van der Waals surface area contributed by atoms with Crippen LogP contribution in [0.1, 0.15) is 44.9 Å². The van der Waals surface area contributed by atoms with Crippen molar-refractivity contribution in [3.05, 3.63) is 0 Å². The standard InChI is InChI=1S/C13H25NO2/c1-14(8-9-15)12-5-10-16-13(11-12)6-3-2-4-7-13/h12,15H,2-11H2,1H3. The Morgan fingerprint density at radius 2 is 2.06 bits per heavy atom. The lowest BCUT2D eigenvalue weighted by Gasteiger charge is -2.45. The average Bonchev–Trinajstić information content (AvgIpc) is 2.30. The Morgan fingerprint density at radius 3 is 2.75 bits per heavy atom. The zero-order valence-corrected chi connectivity index (χ0v) is 10.5. The second-order valence-corrected chi connectivity index (χ2v) is 5.44. The second-order valence-electron chi connectivity index (χ2n) is 5.44. The molecule has 1 atom stereocenters. The van der Waals surface area contributed by atoms with Crippen molar-refractivity contribution >= 4 is 0 Å². The molecule has 0 aromatic rings. The minimum atomic E-state index is 0.185. The van der Waals surface area contributed by atoms with Gasteiger partial charge in [-0.2, -0.15) is 0 Å². The smallest absolute Gasteiger partial charge is 0.0697 e. The summed E-state index contributed by atoms with van der Waals surface area (Å²) >= 11 is 0. The first-order chi connectivity index (χ1) is 7.76. The summed E-state index contributed by atoms with van der Waals surface area (Å²) in [6, 6.07) is 0.610. The minimum absolute atomic E-state index is 0.185. The molecular formula is C13H25NO2. The van der Waals surface area contributed by atoms with Gasteiger partial charge < -0.3 is 14.7 Å². The molecule has 0 bridgehead atoms. The molecule has 1 unspecified atom stereocenters. The normalized spacial score (nSPS) is 29.8. The lowest BCUT2D eigenvalue weighted by atomic mass is 9.78. The Hall–Kier alpha value is -0.120. The van der Waals surface area contributed by atoms with E-state index in [4.69, 9.17) is 9.84 Å². The fourth-order valence-corrected chi connectivity index (χ4v) is 3.26. The van der Waals surface area contributed by atoms with Crippen LogP contribution >= 0.6 is 0 Å². The van der Waals surface area contributed by atoms with E-state index >= 15 is 0 Å². The Kier molecular flexibility index (Phi) is 4.22. The lowest BCUT2D eigenvalue weighted by molar-refractivity contribution is -0.122. The molecule has 2 fully saturated rings. The van der Waals surface area contributed by atoms with Crippen LogP contribution in [-0.2, 0) is 4.74 Å². The van der Waals surface area contributed by atoms with E-state index in [0.717, 1.165) is 19.6 Å². The van der Waals surface area contributed by atoms with Crippen molar-refractivity contribution in [3.8, 4) is 0 Å². The van der Waals surface area contributed by atoms with Gasteiger partial charge in [0.2, 0.25) is 0 Å². The Morgan fingerprint density at radius 1 is 1.31 bits per heavy atom. The van der Waals surface area contributed by atoms with Crippen LogP contribution in [0.15, 0.2) is 0 Å². The first-order valence-corrected chi connectivity index (χ1v) is 6.71. The highest BCUT2D eigenvalue weighted by Crippen LogP contribution is 2.39. The number of hydrogen-bond acceptors (Lipinski definition) is 3. The van der Waals surface area contributed by atoms with Crippen molar-refractivity contribution in [3.63, 3.8) is 0 Å². The predicted molar refractivity (Wildman–Crippen MR) is 64.5 cm³/mol. The summed E-state index contributed by atoms with van der Waals surface area (Å²) in [7, 11) is 2.13. The van der Waals surface area contributed by atoms with Gasteiger partial charge in [-0.25, -0.2) is 0 Å². The van der Waals surface area contributed by atoms with Gasteiger partial charge in [0.25, 0.3) is 0 Å². The van der Waals surface area contributed by atoms with Crippen LogP contribution < -0.4 is 0 Å². The maximum Gasteiger partial charge on any atom is 0.0697 e. The Bertz CT molecular complexity index is 208. The van der Waals surface area contributed by atoms with Gasteiger partial charge in [0.05, 0.1) is 12.2 Å². The highest BCUT2D eigenvalue weighted by atomic mass is 16.5. The van der Waals surface area contributed by atoms with Crippen molar-refractivity contribution in [2.24, 2.45) is 0 Å². The Balaban J connectivity index is 1.92. The number of aliphatic hydroxyl groups excluding tert-OH is 1. The summed E-state index contributed by atoms with van der Waals surface area (Å²) in [5, 5.41) is 9.00. The number of rotatable bonds is 3. The van der Waals surface area contributed by atoms with Crippen LogP contribution in [0, 0.1) is 0 Å². The molecule has 1 heterocycles. The summed E-state index contributed by atoms with van der Waals surface area (Å²) in [5.41, 5.74) is 0.185. The largest absolute Gasteiger partial charge is 0.395 e. The summed E-state index contributed by atoms with van der Waals surface area (Å²) in [5.74, 6) is 0. The first kappa shape index (κ1) is 12.3. The van der Waals surface area contributed by atoms with Crippen molar-refractivity contribution in [1.29, 1.82) is 0 Å².